The molecule has 0 amide bonds. The molecule has 2 N–H and O–H groups in total. The standard InChI is InChI=1S/C15H16N6O2.ClH/c1-23-6-5-17-13-7-14(19-10-18-13)21-15(22)12(9-20-21)11-3-2-4-16-8-11;/h2-4,7-10,20H,5-6H2,1H3,(H,17,18,19);1H. The number of nitrogens with one attached hydrogen (secondary N) is 2. The molecular weight excluding hydrogens is 332 g/mol. The van der Waals surface area contributed by atoms with Crippen LogP contribution in [0.1, 0.15) is 0 Å². The van der Waals surface area contributed by atoms with Crippen molar-refractivity contribution in [1.82, 2.24) is 24.7 Å². The first-order valence-corrected chi connectivity index (χ1v) is 7.05. The molecule has 0 bridgehead atoms. The average molecular weight is 349 g/mol. The number of ether oxygens (including phenoxy) is 1. The maximum atomic E-state index is 12.5. The molecule has 9 heteroatoms. The Hall–Kier alpha value is -2.71. The van der Waals surface area contributed by atoms with Gasteiger partial charge in [-0.1, -0.05) is 6.07 Å². The van der Waals surface area contributed by atoms with E-state index in [2.05, 4.69) is 25.4 Å². The third kappa shape index (κ3) is 3.79. The smallest absolute Gasteiger partial charge is 0.280 e. The first-order chi connectivity index (χ1) is 11.3. The highest BCUT2D eigenvalue weighted by Gasteiger charge is 2.11. The number of aromatic nitrogens is 5. The summed E-state index contributed by atoms with van der Waals surface area (Å²) in [6, 6.07) is 5.31. The Balaban J connectivity index is 0.00000208. The van der Waals surface area contributed by atoms with Crippen LogP contribution < -0.4 is 10.9 Å². The van der Waals surface area contributed by atoms with Crippen LogP contribution in [0.2, 0.25) is 0 Å². The third-order valence-electron chi connectivity index (χ3n) is 3.24. The van der Waals surface area contributed by atoms with Crippen molar-refractivity contribution in [3.8, 4) is 16.9 Å². The summed E-state index contributed by atoms with van der Waals surface area (Å²) in [4.78, 5) is 24.8. The van der Waals surface area contributed by atoms with Crippen LogP contribution in [0.5, 0.6) is 0 Å². The summed E-state index contributed by atoms with van der Waals surface area (Å²) in [5.41, 5.74) is 1.09. The molecule has 0 aliphatic carbocycles. The Morgan fingerprint density at radius 3 is 3.00 bits per heavy atom. The zero-order chi connectivity index (χ0) is 16.1. The summed E-state index contributed by atoms with van der Waals surface area (Å²) < 4.78 is 6.34. The highest BCUT2D eigenvalue weighted by Crippen LogP contribution is 2.14. The fraction of sp³-hybridized carbons (Fsp3) is 0.200. The Morgan fingerprint density at radius 1 is 1.38 bits per heavy atom. The van der Waals surface area contributed by atoms with Gasteiger partial charge in [0.25, 0.3) is 5.56 Å². The van der Waals surface area contributed by atoms with Gasteiger partial charge in [-0.3, -0.25) is 14.9 Å². The van der Waals surface area contributed by atoms with Gasteiger partial charge >= 0.3 is 0 Å². The van der Waals surface area contributed by atoms with E-state index < -0.39 is 0 Å². The summed E-state index contributed by atoms with van der Waals surface area (Å²) in [5.74, 6) is 1.08. The number of anilines is 1. The van der Waals surface area contributed by atoms with E-state index in [9.17, 15) is 4.79 Å². The van der Waals surface area contributed by atoms with Gasteiger partial charge in [0.2, 0.25) is 0 Å². The zero-order valence-corrected chi connectivity index (χ0v) is 13.8. The largest absolute Gasteiger partial charge is 0.383 e. The molecule has 0 saturated heterocycles. The lowest BCUT2D eigenvalue weighted by atomic mass is 10.2. The van der Waals surface area contributed by atoms with Crippen LogP contribution in [0, 0.1) is 0 Å². The number of rotatable bonds is 6. The predicted octanol–water partition coefficient (Wildman–Crippen LogP) is 1.50. The number of pyridine rings is 1. The molecule has 0 spiro atoms. The van der Waals surface area contributed by atoms with Crippen LogP contribution in [0.4, 0.5) is 5.82 Å². The first kappa shape index (κ1) is 17.6. The van der Waals surface area contributed by atoms with Crippen molar-refractivity contribution in [3.63, 3.8) is 0 Å². The summed E-state index contributed by atoms with van der Waals surface area (Å²) in [5, 5.41) is 6.02. The van der Waals surface area contributed by atoms with E-state index in [0.717, 1.165) is 5.56 Å². The second-order valence-corrected chi connectivity index (χ2v) is 4.75. The molecule has 0 atom stereocenters. The fourth-order valence-corrected chi connectivity index (χ4v) is 2.12. The second kappa shape index (κ2) is 8.23. The summed E-state index contributed by atoms with van der Waals surface area (Å²) in [6.45, 7) is 1.18. The van der Waals surface area contributed by atoms with Crippen LogP contribution in [0.15, 0.2) is 47.9 Å². The lowest BCUT2D eigenvalue weighted by Crippen LogP contribution is -2.18. The molecule has 3 heterocycles. The van der Waals surface area contributed by atoms with Crippen molar-refractivity contribution in [2.75, 3.05) is 25.6 Å². The Kier molecular flexibility index (Phi) is 6.05. The molecule has 3 aromatic heterocycles. The molecule has 0 fully saturated rings. The zero-order valence-electron chi connectivity index (χ0n) is 13.0. The normalized spacial score (nSPS) is 10.2. The van der Waals surface area contributed by atoms with Crippen LogP contribution in [-0.2, 0) is 4.74 Å². The monoisotopic (exact) mass is 348 g/mol. The number of nitrogens with zero attached hydrogens (tertiary/aromatic N) is 4. The van der Waals surface area contributed by atoms with Crippen molar-refractivity contribution < 1.29 is 4.74 Å². The third-order valence-corrected chi connectivity index (χ3v) is 3.24. The van der Waals surface area contributed by atoms with Crippen LogP contribution in [-0.4, -0.2) is 45.0 Å². The van der Waals surface area contributed by atoms with Gasteiger partial charge in [-0.2, -0.15) is 0 Å². The number of H-pyrrole nitrogens is 1. The lowest BCUT2D eigenvalue weighted by Gasteiger charge is -2.06. The van der Waals surface area contributed by atoms with Crippen molar-refractivity contribution in [3.05, 3.63) is 53.5 Å². The van der Waals surface area contributed by atoms with Crippen LogP contribution in [0.25, 0.3) is 16.9 Å². The van der Waals surface area contributed by atoms with Crippen LogP contribution >= 0.6 is 12.4 Å². The Bertz CT molecular complexity index is 833. The molecule has 126 valence electrons. The van der Waals surface area contributed by atoms with Gasteiger partial charge in [0.15, 0.2) is 5.82 Å². The quantitative estimate of drug-likeness (QED) is 0.655. The molecule has 24 heavy (non-hydrogen) atoms. The van der Waals surface area contributed by atoms with Crippen LogP contribution in [0.3, 0.4) is 0 Å². The van der Waals surface area contributed by atoms with E-state index in [1.54, 1.807) is 37.8 Å². The molecule has 3 rings (SSSR count). The van der Waals surface area contributed by atoms with E-state index in [4.69, 9.17) is 4.74 Å². The fourth-order valence-electron chi connectivity index (χ4n) is 2.12. The second-order valence-electron chi connectivity index (χ2n) is 4.75. The molecule has 0 aliphatic heterocycles. The topological polar surface area (TPSA) is 97.7 Å². The van der Waals surface area contributed by atoms with Gasteiger partial charge in [0.05, 0.1) is 12.2 Å². The van der Waals surface area contributed by atoms with Gasteiger partial charge in [-0.15, -0.1) is 12.4 Å². The van der Waals surface area contributed by atoms with E-state index in [1.807, 2.05) is 6.07 Å². The number of hydrogen-bond acceptors (Lipinski definition) is 6. The minimum Gasteiger partial charge on any atom is -0.383 e. The number of hydrogen-bond donors (Lipinski definition) is 2. The van der Waals surface area contributed by atoms with Crippen molar-refractivity contribution in [1.29, 1.82) is 0 Å². The molecule has 0 aliphatic rings. The van der Waals surface area contributed by atoms with Crippen molar-refractivity contribution >= 4 is 18.2 Å². The number of halogens is 1. The van der Waals surface area contributed by atoms with Gasteiger partial charge in [0, 0.05) is 43.9 Å². The minimum atomic E-state index is -0.195. The van der Waals surface area contributed by atoms with E-state index in [1.165, 1.54) is 11.0 Å². The summed E-state index contributed by atoms with van der Waals surface area (Å²) >= 11 is 0. The van der Waals surface area contributed by atoms with E-state index >= 15 is 0 Å². The van der Waals surface area contributed by atoms with Gasteiger partial charge < -0.3 is 10.1 Å². The molecule has 0 unspecified atom stereocenters. The van der Waals surface area contributed by atoms with Crippen molar-refractivity contribution in [2.45, 2.75) is 0 Å². The SMILES string of the molecule is COCCNc1cc(-n2[nH]cc(-c3cccnc3)c2=O)ncn1.Cl. The number of methoxy groups -OCH3 is 1. The minimum absolute atomic E-state index is 0. The molecule has 0 saturated carbocycles. The maximum absolute atomic E-state index is 12.5. The van der Waals surface area contributed by atoms with E-state index in [-0.39, 0.29) is 18.0 Å². The first-order valence-electron chi connectivity index (χ1n) is 7.05. The average Bonchev–Trinajstić information content (AvgIpc) is 2.98. The highest BCUT2D eigenvalue weighted by atomic mass is 35.5. The summed E-state index contributed by atoms with van der Waals surface area (Å²) in [6.07, 6.45) is 6.35. The maximum Gasteiger partial charge on any atom is 0.280 e. The Labute approximate surface area is 144 Å². The number of aromatic amines is 1. The lowest BCUT2D eigenvalue weighted by molar-refractivity contribution is 0.210. The van der Waals surface area contributed by atoms with E-state index in [0.29, 0.717) is 30.4 Å². The Morgan fingerprint density at radius 2 is 2.25 bits per heavy atom. The van der Waals surface area contributed by atoms with Gasteiger partial charge in [-0.05, 0) is 6.07 Å². The predicted molar refractivity (Wildman–Crippen MR) is 92.8 cm³/mol. The van der Waals surface area contributed by atoms with Gasteiger partial charge in [0.1, 0.15) is 12.1 Å². The molecule has 0 radical (unpaired) electrons. The molecule has 3 aromatic rings. The van der Waals surface area contributed by atoms with Gasteiger partial charge in [-0.25, -0.2) is 14.6 Å². The summed E-state index contributed by atoms with van der Waals surface area (Å²) in [7, 11) is 1.63. The van der Waals surface area contributed by atoms with Crippen molar-refractivity contribution in [2.24, 2.45) is 0 Å². The molecule has 8 nitrogen and oxygen atoms in total. The highest BCUT2D eigenvalue weighted by molar-refractivity contribution is 5.85. The molecular formula is C15H17ClN6O2. The molecule has 0 aromatic carbocycles.